The van der Waals surface area contributed by atoms with Gasteiger partial charge >= 0.3 is 12.6 Å². The Morgan fingerprint density at radius 2 is 1.95 bits per heavy atom. The molecule has 0 bridgehead atoms. The van der Waals surface area contributed by atoms with Crippen LogP contribution in [0.1, 0.15) is 11.6 Å². The lowest BCUT2D eigenvalue weighted by Crippen LogP contribution is -2.47. The summed E-state index contributed by atoms with van der Waals surface area (Å²) in [5.41, 5.74) is 0.252. The standard InChI is InChI=1S/C13H16F2N2O3/c14-13(15)20-10-4-2-1-3-9(10)11(12(18)19)17-7-5-16-6-8-17/h1-4,11,13,16H,5-8H2,(H,18,19). The van der Waals surface area contributed by atoms with Crippen LogP contribution >= 0.6 is 0 Å². The first-order valence-corrected chi connectivity index (χ1v) is 6.31. The second-order valence-electron chi connectivity index (χ2n) is 4.44. The van der Waals surface area contributed by atoms with E-state index >= 15 is 0 Å². The maximum Gasteiger partial charge on any atom is 0.387 e. The average Bonchev–Trinajstić information content (AvgIpc) is 2.41. The molecule has 2 rings (SSSR count). The third-order valence-electron chi connectivity index (χ3n) is 3.18. The fourth-order valence-electron chi connectivity index (χ4n) is 2.34. The van der Waals surface area contributed by atoms with Crippen molar-refractivity contribution in [2.75, 3.05) is 26.2 Å². The van der Waals surface area contributed by atoms with E-state index in [1.54, 1.807) is 11.0 Å². The lowest BCUT2D eigenvalue weighted by atomic mass is 10.0. The Hall–Kier alpha value is -1.73. The van der Waals surface area contributed by atoms with Crippen molar-refractivity contribution in [2.24, 2.45) is 0 Å². The topological polar surface area (TPSA) is 61.8 Å². The summed E-state index contributed by atoms with van der Waals surface area (Å²) in [6, 6.07) is 5.05. The Labute approximate surface area is 115 Å². The second-order valence-corrected chi connectivity index (χ2v) is 4.44. The van der Waals surface area contributed by atoms with Crippen LogP contribution in [-0.2, 0) is 4.79 Å². The number of para-hydroxylation sites is 1. The minimum atomic E-state index is -2.98. The number of carbonyl (C=O) groups is 1. The summed E-state index contributed by atoms with van der Waals surface area (Å²) >= 11 is 0. The number of halogens is 2. The highest BCUT2D eigenvalue weighted by molar-refractivity contribution is 5.76. The molecule has 1 fully saturated rings. The average molecular weight is 286 g/mol. The number of benzene rings is 1. The molecule has 1 atom stereocenters. The van der Waals surface area contributed by atoms with E-state index in [2.05, 4.69) is 10.1 Å². The molecule has 1 aliphatic heterocycles. The van der Waals surface area contributed by atoms with Gasteiger partial charge in [-0.15, -0.1) is 0 Å². The van der Waals surface area contributed by atoms with Crippen molar-refractivity contribution < 1.29 is 23.4 Å². The number of rotatable bonds is 5. The van der Waals surface area contributed by atoms with Crippen molar-refractivity contribution in [2.45, 2.75) is 12.7 Å². The number of nitrogens with one attached hydrogen (secondary N) is 1. The predicted molar refractivity (Wildman–Crippen MR) is 67.9 cm³/mol. The highest BCUT2D eigenvalue weighted by atomic mass is 19.3. The van der Waals surface area contributed by atoms with Gasteiger partial charge in [-0.3, -0.25) is 9.69 Å². The van der Waals surface area contributed by atoms with Crippen LogP contribution in [-0.4, -0.2) is 48.8 Å². The number of hydrogen-bond donors (Lipinski definition) is 2. The van der Waals surface area contributed by atoms with Crippen molar-refractivity contribution in [1.82, 2.24) is 10.2 Å². The van der Waals surface area contributed by atoms with Gasteiger partial charge in [-0.2, -0.15) is 8.78 Å². The number of ether oxygens (including phenoxy) is 1. The van der Waals surface area contributed by atoms with Crippen molar-refractivity contribution in [1.29, 1.82) is 0 Å². The monoisotopic (exact) mass is 286 g/mol. The van der Waals surface area contributed by atoms with Crippen molar-refractivity contribution in [3.05, 3.63) is 29.8 Å². The van der Waals surface area contributed by atoms with Gasteiger partial charge in [0.05, 0.1) is 0 Å². The van der Waals surface area contributed by atoms with Crippen molar-refractivity contribution >= 4 is 5.97 Å². The molecular formula is C13H16F2N2O3. The maximum absolute atomic E-state index is 12.4. The van der Waals surface area contributed by atoms with E-state index in [4.69, 9.17) is 0 Å². The molecule has 1 aromatic carbocycles. The Morgan fingerprint density at radius 3 is 2.55 bits per heavy atom. The van der Waals surface area contributed by atoms with Crippen molar-refractivity contribution in [3.8, 4) is 5.75 Å². The maximum atomic E-state index is 12.4. The van der Waals surface area contributed by atoms with E-state index in [1.165, 1.54) is 18.2 Å². The number of carboxylic acid groups (broad SMARTS) is 1. The Balaban J connectivity index is 2.31. The molecule has 1 unspecified atom stereocenters. The zero-order valence-electron chi connectivity index (χ0n) is 10.8. The summed E-state index contributed by atoms with van der Waals surface area (Å²) in [5.74, 6) is -1.16. The third-order valence-corrected chi connectivity index (χ3v) is 3.18. The summed E-state index contributed by atoms with van der Waals surface area (Å²) in [4.78, 5) is 13.3. The molecule has 0 aromatic heterocycles. The first-order chi connectivity index (χ1) is 9.59. The van der Waals surface area contributed by atoms with Crippen LogP contribution in [0.3, 0.4) is 0 Å². The molecule has 0 aliphatic carbocycles. The van der Waals surface area contributed by atoms with Crippen LogP contribution in [0, 0.1) is 0 Å². The minimum absolute atomic E-state index is 0.0894. The quantitative estimate of drug-likeness (QED) is 0.855. The Bertz CT molecular complexity index is 465. The first kappa shape index (κ1) is 14.7. The lowest BCUT2D eigenvalue weighted by molar-refractivity contribution is -0.144. The number of piperazine rings is 1. The Kier molecular flexibility index (Phi) is 4.86. The van der Waals surface area contributed by atoms with E-state index < -0.39 is 18.6 Å². The van der Waals surface area contributed by atoms with E-state index in [0.717, 1.165) is 0 Å². The number of hydrogen-bond acceptors (Lipinski definition) is 4. The number of alkyl halides is 2. The smallest absolute Gasteiger partial charge is 0.387 e. The van der Waals surface area contributed by atoms with Crippen LogP contribution in [0.15, 0.2) is 24.3 Å². The predicted octanol–water partition coefficient (Wildman–Crippen LogP) is 1.32. The highest BCUT2D eigenvalue weighted by Crippen LogP contribution is 2.30. The molecule has 2 N–H and O–H groups in total. The normalized spacial score (nSPS) is 17.9. The van der Waals surface area contributed by atoms with Gasteiger partial charge in [-0.25, -0.2) is 0 Å². The molecule has 110 valence electrons. The number of nitrogens with zero attached hydrogens (tertiary/aromatic N) is 1. The van der Waals surface area contributed by atoms with Crippen molar-refractivity contribution in [3.63, 3.8) is 0 Å². The lowest BCUT2D eigenvalue weighted by Gasteiger charge is -2.33. The van der Waals surface area contributed by atoms with Gasteiger partial charge in [0.1, 0.15) is 11.8 Å². The summed E-state index contributed by atoms with van der Waals surface area (Å²) in [6.45, 7) is -0.558. The molecule has 1 aliphatic rings. The largest absolute Gasteiger partial charge is 0.480 e. The van der Waals surface area contributed by atoms with E-state index in [-0.39, 0.29) is 11.3 Å². The van der Waals surface area contributed by atoms with Gasteiger partial charge in [-0.1, -0.05) is 18.2 Å². The van der Waals surface area contributed by atoms with Gasteiger partial charge in [-0.05, 0) is 6.07 Å². The molecule has 0 amide bonds. The third kappa shape index (κ3) is 3.43. The molecule has 0 radical (unpaired) electrons. The van der Waals surface area contributed by atoms with Crippen LogP contribution in [0.2, 0.25) is 0 Å². The molecule has 1 saturated heterocycles. The van der Waals surface area contributed by atoms with Gasteiger partial charge in [0.25, 0.3) is 0 Å². The zero-order chi connectivity index (χ0) is 14.5. The van der Waals surface area contributed by atoms with Crippen LogP contribution in [0.4, 0.5) is 8.78 Å². The molecule has 0 saturated carbocycles. The van der Waals surface area contributed by atoms with Crippen LogP contribution in [0.5, 0.6) is 5.75 Å². The summed E-state index contributed by atoms with van der Waals surface area (Å²) in [7, 11) is 0. The van der Waals surface area contributed by atoms with E-state index in [9.17, 15) is 18.7 Å². The molecule has 1 aromatic rings. The number of carboxylic acids is 1. The molecule has 7 heteroatoms. The van der Waals surface area contributed by atoms with E-state index in [1.807, 2.05) is 0 Å². The zero-order valence-corrected chi connectivity index (χ0v) is 10.8. The molecule has 20 heavy (non-hydrogen) atoms. The fourth-order valence-corrected chi connectivity index (χ4v) is 2.34. The summed E-state index contributed by atoms with van der Waals surface area (Å²) in [5, 5.41) is 12.6. The molecule has 0 spiro atoms. The van der Waals surface area contributed by atoms with Crippen LogP contribution < -0.4 is 10.1 Å². The number of aliphatic carboxylic acids is 1. The fraction of sp³-hybridized carbons (Fsp3) is 0.462. The molecule has 5 nitrogen and oxygen atoms in total. The van der Waals surface area contributed by atoms with Crippen LogP contribution in [0.25, 0.3) is 0 Å². The van der Waals surface area contributed by atoms with E-state index in [0.29, 0.717) is 26.2 Å². The van der Waals surface area contributed by atoms with Gasteiger partial charge in [0.2, 0.25) is 0 Å². The summed E-state index contributed by atoms with van der Waals surface area (Å²) in [6.07, 6.45) is 0. The minimum Gasteiger partial charge on any atom is -0.480 e. The summed E-state index contributed by atoms with van der Waals surface area (Å²) < 4.78 is 29.3. The first-order valence-electron chi connectivity index (χ1n) is 6.31. The van der Waals surface area contributed by atoms with Gasteiger partial charge in [0.15, 0.2) is 0 Å². The SMILES string of the molecule is O=C(O)C(c1ccccc1OC(F)F)N1CCNCC1. The van der Waals surface area contributed by atoms with Gasteiger partial charge < -0.3 is 15.2 Å². The van der Waals surface area contributed by atoms with Gasteiger partial charge in [0, 0.05) is 31.7 Å². The Morgan fingerprint density at radius 1 is 1.30 bits per heavy atom. The molecule has 1 heterocycles. The molecular weight excluding hydrogens is 270 g/mol. The second kappa shape index (κ2) is 6.62. The highest BCUT2D eigenvalue weighted by Gasteiger charge is 2.31.